The van der Waals surface area contributed by atoms with Gasteiger partial charge in [-0.05, 0) is 54.1 Å². The van der Waals surface area contributed by atoms with Crippen LogP contribution in [0.25, 0.3) is 0 Å². The Morgan fingerprint density at radius 2 is 2.12 bits per heavy atom. The van der Waals surface area contributed by atoms with Crippen molar-refractivity contribution < 1.29 is 4.79 Å². The molecule has 17 heavy (non-hydrogen) atoms. The molecule has 0 aliphatic carbocycles. The highest BCUT2D eigenvalue weighted by Crippen LogP contribution is 2.25. The third-order valence-corrected chi connectivity index (χ3v) is 3.42. The molecule has 4 nitrogen and oxygen atoms in total. The molecule has 1 saturated heterocycles. The standard InChI is InChI=1S/C13H27N3O/c1-10-6-9-15-12(17)11(7-8-14-5)16(10)13(2,3)4/h10-11,14H,6-9H2,1-5H3,(H,15,17). The smallest absolute Gasteiger partial charge is 0.237 e. The lowest BCUT2D eigenvalue weighted by Gasteiger charge is -2.43. The summed E-state index contributed by atoms with van der Waals surface area (Å²) in [5, 5.41) is 6.16. The summed E-state index contributed by atoms with van der Waals surface area (Å²) < 4.78 is 0. The molecule has 0 aromatic carbocycles. The first-order valence-corrected chi connectivity index (χ1v) is 6.58. The van der Waals surface area contributed by atoms with Crippen molar-refractivity contribution in [2.24, 2.45) is 0 Å². The minimum Gasteiger partial charge on any atom is -0.355 e. The Labute approximate surface area is 105 Å². The second-order valence-electron chi connectivity index (χ2n) is 5.91. The van der Waals surface area contributed by atoms with E-state index >= 15 is 0 Å². The molecule has 0 bridgehead atoms. The fraction of sp³-hybridized carbons (Fsp3) is 0.923. The van der Waals surface area contributed by atoms with E-state index < -0.39 is 0 Å². The molecule has 1 fully saturated rings. The van der Waals surface area contributed by atoms with Crippen LogP contribution in [0, 0.1) is 0 Å². The van der Waals surface area contributed by atoms with E-state index in [1.807, 2.05) is 7.05 Å². The molecule has 0 aromatic heterocycles. The van der Waals surface area contributed by atoms with Crippen LogP contribution >= 0.6 is 0 Å². The molecule has 1 aliphatic heterocycles. The molecule has 1 aliphatic rings. The van der Waals surface area contributed by atoms with Crippen molar-refractivity contribution in [3.63, 3.8) is 0 Å². The zero-order valence-electron chi connectivity index (χ0n) is 11.8. The first kappa shape index (κ1) is 14.5. The highest BCUT2D eigenvalue weighted by molar-refractivity contribution is 5.82. The first-order valence-electron chi connectivity index (χ1n) is 6.58. The quantitative estimate of drug-likeness (QED) is 0.774. The van der Waals surface area contributed by atoms with Crippen molar-refractivity contribution in [3.05, 3.63) is 0 Å². The van der Waals surface area contributed by atoms with Gasteiger partial charge in [-0.3, -0.25) is 9.69 Å². The van der Waals surface area contributed by atoms with Gasteiger partial charge < -0.3 is 10.6 Å². The molecule has 100 valence electrons. The fourth-order valence-corrected chi connectivity index (χ4v) is 2.77. The summed E-state index contributed by atoms with van der Waals surface area (Å²) in [7, 11) is 1.93. The predicted molar refractivity (Wildman–Crippen MR) is 71.0 cm³/mol. The number of nitrogens with zero attached hydrogens (tertiary/aromatic N) is 1. The second-order valence-corrected chi connectivity index (χ2v) is 5.91. The van der Waals surface area contributed by atoms with Crippen LogP contribution in [-0.2, 0) is 4.79 Å². The second kappa shape index (κ2) is 5.83. The van der Waals surface area contributed by atoms with Gasteiger partial charge in [0, 0.05) is 18.1 Å². The predicted octanol–water partition coefficient (Wildman–Crippen LogP) is 0.973. The molecule has 2 N–H and O–H groups in total. The maximum Gasteiger partial charge on any atom is 0.237 e. The highest BCUT2D eigenvalue weighted by Gasteiger charge is 2.37. The summed E-state index contributed by atoms with van der Waals surface area (Å²) in [5.41, 5.74) is 0.0273. The van der Waals surface area contributed by atoms with E-state index in [1.54, 1.807) is 0 Å². The number of hydrogen-bond donors (Lipinski definition) is 2. The van der Waals surface area contributed by atoms with Crippen LogP contribution in [-0.4, -0.2) is 48.6 Å². The maximum atomic E-state index is 12.1. The average Bonchev–Trinajstić information content (AvgIpc) is 2.34. The summed E-state index contributed by atoms with van der Waals surface area (Å²) in [6.07, 6.45) is 1.89. The summed E-state index contributed by atoms with van der Waals surface area (Å²) in [6, 6.07) is 0.427. The molecule has 0 radical (unpaired) electrons. The molecular formula is C13H27N3O. The molecule has 0 aromatic rings. The Morgan fingerprint density at radius 1 is 1.47 bits per heavy atom. The van der Waals surface area contributed by atoms with Gasteiger partial charge in [-0.15, -0.1) is 0 Å². The van der Waals surface area contributed by atoms with E-state index in [4.69, 9.17) is 0 Å². The third kappa shape index (κ3) is 3.68. The van der Waals surface area contributed by atoms with E-state index in [0.29, 0.717) is 6.04 Å². The van der Waals surface area contributed by atoms with Gasteiger partial charge in [0.05, 0.1) is 6.04 Å². The maximum absolute atomic E-state index is 12.1. The van der Waals surface area contributed by atoms with Gasteiger partial charge in [0.15, 0.2) is 0 Å². The lowest BCUT2D eigenvalue weighted by atomic mass is 9.97. The number of carbonyl (C=O) groups excluding carboxylic acids is 1. The van der Waals surface area contributed by atoms with Crippen LogP contribution < -0.4 is 10.6 Å². The van der Waals surface area contributed by atoms with E-state index in [2.05, 4.69) is 43.2 Å². The van der Waals surface area contributed by atoms with Crippen LogP contribution in [0.15, 0.2) is 0 Å². The summed E-state index contributed by atoms with van der Waals surface area (Å²) in [5.74, 6) is 0.180. The van der Waals surface area contributed by atoms with Crippen LogP contribution in [0.3, 0.4) is 0 Å². The molecule has 2 atom stereocenters. The summed E-state index contributed by atoms with van der Waals surface area (Å²) >= 11 is 0. The number of hydrogen-bond acceptors (Lipinski definition) is 3. The number of rotatable bonds is 3. The number of carbonyl (C=O) groups is 1. The van der Waals surface area contributed by atoms with Crippen molar-refractivity contribution >= 4 is 5.91 Å². The van der Waals surface area contributed by atoms with Crippen LogP contribution in [0.4, 0.5) is 0 Å². The largest absolute Gasteiger partial charge is 0.355 e. The summed E-state index contributed by atoms with van der Waals surface area (Å²) in [6.45, 7) is 10.5. The minimum absolute atomic E-state index is 0.0139. The highest BCUT2D eigenvalue weighted by atomic mass is 16.2. The van der Waals surface area contributed by atoms with Crippen molar-refractivity contribution in [1.29, 1.82) is 0 Å². The minimum atomic E-state index is -0.0139. The monoisotopic (exact) mass is 241 g/mol. The van der Waals surface area contributed by atoms with Crippen LogP contribution in [0.1, 0.15) is 40.5 Å². The van der Waals surface area contributed by atoms with Gasteiger partial charge in [0.25, 0.3) is 0 Å². The molecule has 1 amide bonds. The van der Waals surface area contributed by atoms with Gasteiger partial charge in [0.1, 0.15) is 0 Å². The Kier molecular flexibility index (Phi) is 4.95. The first-order chi connectivity index (χ1) is 7.88. The van der Waals surface area contributed by atoms with E-state index in [1.165, 1.54) is 0 Å². The van der Waals surface area contributed by atoms with Crippen molar-refractivity contribution in [2.75, 3.05) is 20.1 Å². The number of nitrogens with one attached hydrogen (secondary N) is 2. The normalized spacial score (nSPS) is 27.7. The molecule has 2 unspecified atom stereocenters. The van der Waals surface area contributed by atoms with E-state index in [-0.39, 0.29) is 17.5 Å². The van der Waals surface area contributed by atoms with Gasteiger partial charge in [-0.25, -0.2) is 0 Å². The molecule has 4 heteroatoms. The Morgan fingerprint density at radius 3 is 2.65 bits per heavy atom. The van der Waals surface area contributed by atoms with E-state index in [9.17, 15) is 4.79 Å². The van der Waals surface area contributed by atoms with Gasteiger partial charge in [-0.1, -0.05) is 0 Å². The molecule has 1 rings (SSSR count). The Hall–Kier alpha value is -0.610. The van der Waals surface area contributed by atoms with E-state index in [0.717, 1.165) is 25.9 Å². The molecule has 1 heterocycles. The zero-order chi connectivity index (χ0) is 13.1. The SMILES string of the molecule is CNCCC1C(=O)NCCC(C)N1C(C)(C)C. The van der Waals surface area contributed by atoms with Crippen molar-refractivity contribution in [2.45, 2.75) is 58.2 Å². The molecular weight excluding hydrogens is 214 g/mol. The topological polar surface area (TPSA) is 44.4 Å². The Balaban J connectivity index is 2.91. The lowest BCUT2D eigenvalue weighted by molar-refractivity contribution is -0.128. The molecule has 0 saturated carbocycles. The lowest BCUT2D eigenvalue weighted by Crippen LogP contribution is -2.56. The van der Waals surface area contributed by atoms with Gasteiger partial charge in [0.2, 0.25) is 5.91 Å². The van der Waals surface area contributed by atoms with Gasteiger partial charge >= 0.3 is 0 Å². The zero-order valence-corrected chi connectivity index (χ0v) is 11.8. The third-order valence-electron chi connectivity index (χ3n) is 3.42. The van der Waals surface area contributed by atoms with Gasteiger partial charge in [-0.2, -0.15) is 0 Å². The van der Waals surface area contributed by atoms with Crippen molar-refractivity contribution in [1.82, 2.24) is 15.5 Å². The summed E-state index contributed by atoms with van der Waals surface area (Å²) in [4.78, 5) is 14.5. The average molecular weight is 241 g/mol. The number of amides is 1. The Bertz CT molecular complexity index is 260. The molecule has 0 spiro atoms. The van der Waals surface area contributed by atoms with Crippen LogP contribution in [0.5, 0.6) is 0 Å². The fourth-order valence-electron chi connectivity index (χ4n) is 2.77. The van der Waals surface area contributed by atoms with Crippen LogP contribution in [0.2, 0.25) is 0 Å². The van der Waals surface area contributed by atoms with Crippen molar-refractivity contribution in [3.8, 4) is 0 Å².